The van der Waals surface area contributed by atoms with E-state index in [1.807, 2.05) is 41.9 Å². The molecule has 0 radical (unpaired) electrons. The SMILES string of the molecule is CN(C)C(=O)c1ccc(N2CCN(Cc3cc4c(B(O)O)ccnc4n3C)CC2)cc1. The third-order valence-electron chi connectivity index (χ3n) is 5.98. The van der Waals surface area contributed by atoms with E-state index in [1.165, 1.54) is 0 Å². The molecule has 162 valence electrons. The molecule has 2 aromatic heterocycles. The molecule has 31 heavy (non-hydrogen) atoms. The molecule has 0 aliphatic carbocycles. The molecular weight excluding hydrogens is 393 g/mol. The summed E-state index contributed by atoms with van der Waals surface area (Å²) in [4.78, 5) is 22.8. The second-order valence-electron chi connectivity index (χ2n) is 8.22. The van der Waals surface area contributed by atoms with Crippen LogP contribution in [-0.4, -0.2) is 82.7 Å². The number of pyridine rings is 1. The summed E-state index contributed by atoms with van der Waals surface area (Å²) in [6, 6.07) is 11.5. The standard InChI is InChI=1S/C22H28BN5O3/c1-25(2)22(29)16-4-6-17(7-5-16)28-12-10-27(11-13-28)15-18-14-19-20(23(30)31)8-9-24-21(19)26(18)3/h4-9,14,30-31H,10-13,15H2,1-3H3. The van der Waals surface area contributed by atoms with Crippen molar-refractivity contribution >= 4 is 35.2 Å². The Morgan fingerprint density at radius 2 is 1.77 bits per heavy atom. The maximum Gasteiger partial charge on any atom is 0.489 e. The summed E-state index contributed by atoms with van der Waals surface area (Å²) in [5.41, 5.74) is 4.16. The highest BCUT2D eigenvalue weighted by atomic mass is 16.4. The molecule has 1 aliphatic heterocycles. The zero-order chi connectivity index (χ0) is 22.1. The van der Waals surface area contributed by atoms with Crippen molar-refractivity contribution in [2.24, 2.45) is 7.05 Å². The van der Waals surface area contributed by atoms with Gasteiger partial charge in [-0.05, 0) is 41.9 Å². The van der Waals surface area contributed by atoms with Crippen LogP contribution in [0.3, 0.4) is 0 Å². The Kier molecular flexibility index (Phi) is 6.00. The van der Waals surface area contributed by atoms with Crippen molar-refractivity contribution in [3.63, 3.8) is 0 Å². The summed E-state index contributed by atoms with van der Waals surface area (Å²) in [6.45, 7) is 4.43. The van der Waals surface area contributed by atoms with Gasteiger partial charge in [-0.1, -0.05) is 0 Å². The van der Waals surface area contributed by atoms with Crippen LogP contribution in [0, 0.1) is 0 Å². The average Bonchev–Trinajstić information content (AvgIpc) is 3.09. The van der Waals surface area contributed by atoms with E-state index in [2.05, 4.69) is 14.8 Å². The van der Waals surface area contributed by atoms with Gasteiger partial charge >= 0.3 is 7.12 Å². The lowest BCUT2D eigenvalue weighted by molar-refractivity contribution is 0.0827. The van der Waals surface area contributed by atoms with Gasteiger partial charge in [0, 0.05) is 82.4 Å². The van der Waals surface area contributed by atoms with Crippen LogP contribution in [0.15, 0.2) is 42.6 Å². The number of hydrogen-bond donors (Lipinski definition) is 2. The maximum absolute atomic E-state index is 12.1. The molecule has 0 spiro atoms. The molecule has 8 nitrogen and oxygen atoms in total. The Morgan fingerprint density at radius 1 is 1.10 bits per heavy atom. The summed E-state index contributed by atoms with van der Waals surface area (Å²) in [6.07, 6.45) is 1.61. The first-order valence-electron chi connectivity index (χ1n) is 10.4. The third kappa shape index (κ3) is 4.30. The van der Waals surface area contributed by atoms with E-state index in [4.69, 9.17) is 0 Å². The Morgan fingerprint density at radius 3 is 2.39 bits per heavy atom. The minimum atomic E-state index is -1.51. The van der Waals surface area contributed by atoms with Crippen LogP contribution < -0.4 is 10.4 Å². The van der Waals surface area contributed by atoms with E-state index in [0.717, 1.165) is 55.1 Å². The van der Waals surface area contributed by atoms with E-state index in [1.54, 1.807) is 31.3 Å². The highest BCUT2D eigenvalue weighted by Gasteiger charge is 2.22. The van der Waals surface area contributed by atoms with Crippen molar-refractivity contribution in [2.45, 2.75) is 6.54 Å². The number of aromatic nitrogens is 2. The fourth-order valence-electron chi connectivity index (χ4n) is 4.13. The van der Waals surface area contributed by atoms with Crippen molar-refractivity contribution < 1.29 is 14.8 Å². The van der Waals surface area contributed by atoms with Crippen LogP contribution in [0.5, 0.6) is 0 Å². The van der Waals surface area contributed by atoms with E-state index in [9.17, 15) is 14.8 Å². The Hall–Kier alpha value is -2.88. The van der Waals surface area contributed by atoms with Gasteiger partial charge in [0.25, 0.3) is 5.91 Å². The first kappa shape index (κ1) is 21.4. The fourth-order valence-corrected chi connectivity index (χ4v) is 4.13. The highest BCUT2D eigenvalue weighted by molar-refractivity contribution is 6.61. The van der Waals surface area contributed by atoms with Crippen LogP contribution in [0.4, 0.5) is 5.69 Å². The van der Waals surface area contributed by atoms with Gasteiger partial charge in [-0.3, -0.25) is 9.69 Å². The second-order valence-corrected chi connectivity index (χ2v) is 8.22. The molecule has 0 bridgehead atoms. The topological polar surface area (TPSA) is 85.1 Å². The van der Waals surface area contributed by atoms with Crippen LogP contribution >= 0.6 is 0 Å². The summed E-state index contributed by atoms with van der Waals surface area (Å²) in [7, 11) is 3.97. The predicted molar refractivity (Wildman–Crippen MR) is 122 cm³/mol. The lowest BCUT2D eigenvalue weighted by Crippen LogP contribution is -2.46. The quantitative estimate of drug-likeness (QED) is 0.576. The van der Waals surface area contributed by atoms with Gasteiger partial charge in [0.1, 0.15) is 5.65 Å². The Balaban J connectivity index is 1.41. The molecule has 1 fully saturated rings. The van der Waals surface area contributed by atoms with Gasteiger partial charge in [-0.25, -0.2) is 4.98 Å². The van der Waals surface area contributed by atoms with Crippen molar-refractivity contribution in [1.29, 1.82) is 0 Å². The highest BCUT2D eigenvalue weighted by Crippen LogP contribution is 2.21. The largest absolute Gasteiger partial charge is 0.489 e. The summed E-state index contributed by atoms with van der Waals surface area (Å²) >= 11 is 0. The lowest BCUT2D eigenvalue weighted by atomic mass is 9.79. The zero-order valence-corrected chi connectivity index (χ0v) is 18.2. The van der Waals surface area contributed by atoms with Gasteiger partial charge in [0.05, 0.1) is 0 Å². The van der Waals surface area contributed by atoms with Crippen molar-refractivity contribution in [1.82, 2.24) is 19.4 Å². The molecule has 0 unspecified atom stereocenters. The van der Waals surface area contributed by atoms with Gasteiger partial charge in [-0.2, -0.15) is 0 Å². The maximum atomic E-state index is 12.1. The van der Waals surface area contributed by atoms with E-state index < -0.39 is 7.12 Å². The number of amides is 1. The molecule has 1 aromatic carbocycles. The number of nitrogens with zero attached hydrogens (tertiary/aromatic N) is 5. The van der Waals surface area contributed by atoms with E-state index in [0.29, 0.717) is 11.0 Å². The van der Waals surface area contributed by atoms with E-state index >= 15 is 0 Å². The molecule has 3 heterocycles. The zero-order valence-electron chi connectivity index (χ0n) is 18.2. The van der Waals surface area contributed by atoms with Gasteiger partial charge in [-0.15, -0.1) is 0 Å². The van der Waals surface area contributed by atoms with Gasteiger partial charge in [0.2, 0.25) is 0 Å². The number of benzene rings is 1. The van der Waals surface area contributed by atoms with Gasteiger partial charge in [0.15, 0.2) is 0 Å². The molecule has 1 amide bonds. The number of hydrogen-bond acceptors (Lipinski definition) is 6. The average molecular weight is 421 g/mol. The number of rotatable bonds is 5. The summed E-state index contributed by atoms with van der Waals surface area (Å²) in [5, 5.41) is 20.1. The molecule has 2 N–H and O–H groups in total. The van der Waals surface area contributed by atoms with Crippen LogP contribution in [0.2, 0.25) is 0 Å². The first-order valence-corrected chi connectivity index (χ1v) is 10.4. The number of carbonyl (C=O) groups is 1. The minimum absolute atomic E-state index is 0.0117. The number of anilines is 1. The van der Waals surface area contributed by atoms with Gasteiger partial charge < -0.3 is 24.4 Å². The first-order chi connectivity index (χ1) is 14.8. The normalized spacial score (nSPS) is 14.8. The molecule has 0 atom stereocenters. The minimum Gasteiger partial charge on any atom is -0.423 e. The monoisotopic (exact) mass is 421 g/mol. The predicted octanol–water partition coefficient (Wildman–Crippen LogP) is 0.277. The lowest BCUT2D eigenvalue weighted by Gasteiger charge is -2.36. The van der Waals surface area contributed by atoms with Crippen molar-refractivity contribution in [2.75, 3.05) is 45.2 Å². The number of carbonyl (C=O) groups excluding carboxylic acids is 1. The van der Waals surface area contributed by atoms with E-state index in [-0.39, 0.29) is 5.91 Å². The molecule has 1 saturated heterocycles. The van der Waals surface area contributed by atoms with Crippen LogP contribution in [0.1, 0.15) is 16.1 Å². The number of fused-ring (bicyclic) bond motifs is 1. The Bertz CT molecular complexity index is 1070. The summed E-state index contributed by atoms with van der Waals surface area (Å²) < 4.78 is 2.02. The van der Waals surface area contributed by atoms with Crippen molar-refractivity contribution in [3.05, 3.63) is 53.9 Å². The molecule has 4 rings (SSSR count). The molecule has 9 heteroatoms. The summed E-state index contributed by atoms with van der Waals surface area (Å²) in [5.74, 6) is 0.0117. The molecule has 1 aliphatic rings. The number of piperazine rings is 1. The smallest absolute Gasteiger partial charge is 0.423 e. The van der Waals surface area contributed by atoms with Crippen LogP contribution in [-0.2, 0) is 13.6 Å². The number of aryl methyl sites for hydroxylation is 1. The fraction of sp³-hybridized carbons (Fsp3) is 0.364. The second kappa shape index (κ2) is 8.70. The Labute approximate surface area is 182 Å². The molecular formula is C22H28BN5O3. The third-order valence-corrected chi connectivity index (χ3v) is 5.98. The molecule has 3 aromatic rings. The van der Waals surface area contributed by atoms with Crippen molar-refractivity contribution in [3.8, 4) is 0 Å². The molecule has 0 saturated carbocycles. The van der Waals surface area contributed by atoms with Crippen LogP contribution in [0.25, 0.3) is 11.0 Å².